The molecule has 1 aromatic heterocycles. The molecular formula is C18H18N4O4. The van der Waals surface area contributed by atoms with E-state index in [1.807, 2.05) is 19.1 Å². The van der Waals surface area contributed by atoms with Crippen LogP contribution in [0.15, 0.2) is 42.6 Å². The summed E-state index contributed by atoms with van der Waals surface area (Å²) in [4.78, 5) is 41.9. The summed E-state index contributed by atoms with van der Waals surface area (Å²) in [6, 6.07) is 9.45. The second-order valence-electron chi connectivity index (χ2n) is 6.23. The smallest absolute Gasteiger partial charge is 0.325 e. The Morgan fingerprint density at radius 3 is 2.62 bits per heavy atom. The number of nitrogens with zero attached hydrogens (tertiary/aromatic N) is 2. The van der Waals surface area contributed by atoms with E-state index in [1.54, 1.807) is 19.1 Å². The number of anilines is 1. The van der Waals surface area contributed by atoms with Crippen LogP contribution in [-0.4, -0.2) is 39.4 Å². The van der Waals surface area contributed by atoms with Gasteiger partial charge in [-0.25, -0.2) is 9.78 Å². The number of amides is 4. The first kappa shape index (κ1) is 17.4. The Hall–Kier alpha value is -3.42. The van der Waals surface area contributed by atoms with E-state index in [4.69, 9.17) is 0 Å². The van der Waals surface area contributed by atoms with Gasteiger partial charge in [0.1, 0.15) is 12.1 Å². The predicted molar refractivity (Wildman–Crippen MR) is 93.3 cm³/mol. The van der Waals surface area contributed by atoms with E-state index in [1.165, 1.54) is 18.3 Å². The van der Waals surface area contributed by atoms with E-state index in [9.17, 15) is 19.5 Å². The highest BCUT2D eigenvalue weighted by Crippen LogP contribution is 2.29. The molecule has 1 atom stereocenters. The number of carbonyl (C=O) groups is 3. The molecule has 0 aliphatic carbocycles. The molecule has 8 heteroatoms. The summed E-state index contributed by atoms with van der Waals surface area (Å²) >= 11 is 0. The van der Waals surface area contributed by atoms with Crippen LogP contribution in [0.1, 0.15) is 18.1 Å². The van der Waals surface area contributed by atoms with Crippen LogP contribution in [0, 0.1) is 6.92 Å². The number of benzene rings is 1. The monoisotopic (exact) mass is 354 g/mol. The largest absolute Gasteiger partial charge is 0.504 e. The van der Waals surface area contributed by atoms with E-state index in [2.05, 4.69) is 15.6 Å². The first-order valence-electron chi connectivity index (χ1n) is 7.96. The zero-order valence-electron chi connectivity index (χ0n) is 14.3. The molecule has 0 spiro atoms. The third-order valence-electron chi connectivity index (χ3n) is 4.25. The normalized spacial score (nSPS) is 19.4. The maximum Gasteiger partial charge on any atom is 0.325 e. The summed E-state index contributed by atoms with van der Waals surface area (Å²) in [5.41, 5.74) is 0.422. The van der Waals surface area contributed by atoms with Gasteiger partial charge in [-0.15, -0.1) is 0 Å². The minimum atomic E-state index is -1.24. The molecule has 1 aliphatic rings. The van der Waals surface area contributed by atoms with Crippen molar-refractivity contribution in [1.29, 1.82) is 0 Å². The Bertz CT molecular complexity index is 881. The molecule has 1 saturated heterocycles. The maximum absolute atomic E-state index is 12.8. The second-order valence-corrected chi connectivity index (χ2v) is 6.23. The number of hydrogen-bond donors (Lipinski definition) is 3. The number of aryl methyl sites for hydroxylation is 1. The number of imide groups is 1. The van der Waals surface area contributed by atoms with Crippen molar-refractivity contribution >= 4 is 23.7 Å². The minimum absolute atomic E-state index is 0.0362. The van der Waals surface area contributed by atoms with E-state index in [-0.39, 0.29) is 11.6 Å². The van der Waals surface area contributed by atoms with Crippen molar-refractivity contribution < 1.29 is 19.5 Å². The summed E-state index contributed by atoms with van der Waals surface area (Å²) in [5, 5.41) is 14.7. The molecule has 1 aromatic carbocycles. The maximum atomic E-state index is 12.8. The van der Waals surface area contributed by atoms with E-state index < -0.39 is 29.9 Å². The number of aromatic nitrogens is 1. The van der Waals surface area contributed by atoms with Crippen LogP contribution in [0.3, 0.4) is 0 Å². The van der Waals surface area contributed by atoms with Crippen LogP contribution in [-0.2, 0) is 15.1 Å². The Morgan fingerprint density at radius 2 is 1.96 bits per heavy atom. The summed E-state index contributed by atoms with van der Waals surface area (Å²) in [7, 11) is 0. The topological polar surface area (TPSA) is 112 Å². The SMILES string of the molecule is Cc1ccc(C2(C)NC(=O)N(CC(=O)Nc3ncccc3O)C2=O)cc1. The van der Waals surface area contributed by atoms with Crippen LogP contribution < -0.4 is 10.6 Å². The van der Waals surface area contributed by atoms with Crippen molar-refractivity contribution in [2.45, 2.75) is 19.4 Å². The van der Waals surface area contributed by atoms with Gasteiger partial charge in [-0.05, 0) is 31.5 Å². The molecule has 1 aliphatic heterocycles. The molecule has 1 unspecified atom stereocenters. The van der Waals surface area contributed by atoms with Crippen molar-refractivity contribution in [3.8, 4) is 5.75 Å². The standard InChI is InChI=1S/C18H18N4O4/c1-11-5-7-12(8-6-11)18(2)16(25)22(17(26)21-18)10-14(24)20-15-13(23)4-3-9-19-15/h3-9,23H,10H2,1-2H3,(H,21,26)(H,19,20,24). The average molecular weight is 354 g/mol. The number of pyridine rings is 1. The average Bonchev–Trinajstić information content (AvgIpc) is 2.82. The van der Waals surface area contributed by atoms with Gasteiger partial charge in [0.25, 0.3) is 5.91 Å². The molecule has 3 rings (SSSR count). The van der Waals surface area contributed by atoms with Crippen LogP contribution in [0.2, 0.25) is 0 Å². The Morgan fingerprint density at radius 1 is 1.27 bits per heavy atom. The Labute approximate surface area is 149 Å². The van der Waals surface area contributed by atoms with Crippen LogP contribution in [0.25, 0.3) is 0 Å². The highest BCUT2D eigenvalue weighted by atomic mass is 16.3. The fourth-order valence-electron chi connectivity index (χ4n) is 2.73. The van der Waals surface area contributed by atoms with Gasteiger partial charge in [-0.2, -0.15) is 0 Å². The number of urea groups is 1. The van der Waals surface area contributed by atoms with Gasteiger partial charge in [0.05, 0.1) is 0 Å². The molecule has 0 bridgehead atoms. The molecule has 8 nitrogen and oxygen atoms in total. The molecule has 2 heterocycles. The lowest BCUT2D eigenvalue weighted by Gasteiger charge is -2.22. The third-order valence-corrected chi connectivity index (χ3v) is 4.25. The Kier molecular flexibility index (Phi) is 4.33. The lowest BCUT2D eigenvalue weighted by molar-refractivity contribution is -0.133. The first-order chi connectivity index (χ1) is 12.3. The second kappa shape index (κ2) is 6.47. The predicted octanol–water partition coefficient (Wildman–Crippen LogP) is 1.50. The van der Waals surface area contributed by atoms with E-state index in [0.29, 0.717) is 5.56 Å². The molecule has 0 radical (unpaired) electrons. The molecule has 134 valence electrons. The van der Waals surface area contributed by atoms with Crippen LogP contribution in [0.4, 0.5) is 10.6 Å². The third kappa shape index (κ3) is 3.08. The fourth-order valence-corrected chi connectivity index (χ4v) is 2.73. The molecule has 3 N–H and O–H groups in total. The van der Waals surface area contributed by atoms with Gasteiger partial charge in [0, 0.05) is 6.20 Å². The first-order valence-corrected chi connectivity index (χ1v) is 7.96. The molecule has 2 aromatic rings. The highest BCUT2D eigenvalue weighted by Gasteiger charge is 2.49. The molecule has 1 fully saturated rings. The van der Waals surface area contributed by atoms with Gasteiger partial charge in [0.2, 0.25) is 5.91 Å². The lowest BCUT2D eigenvalue weighted by atomic mass is 9.91. The van der Waals surface area contributed by atoms with Crippen molar-refractivity contribution in [2.75, 3.05) is 11.9 Å². The number of aromatic hydroxyl groups is 1. The molecule has 4 amide bonds. The van der Waals surface area contributed by atoms with E-state index >= 15 is 0 Å². The summed E-state index contributed by atoms with van der Waals surface area (Å²) in [6.45, 7) is 3.04. The van der Waals surface area contributed by atoms with E-state index in [0.717, 1.165) is 10.5 Å². The van der Waals surface area contributed by atoms with Gasteiger partial charge in [0.15, 0.2) is 11.6 Å². The number of carbonyl (C=O) groups excluding carboxylic acids is 3. The number of rotatable bonds is 4. The fraction of sp³-hybridized carbons (Fsp3) is 0.222. The minimum Gasteiger partial charge on any atom is -0.504 e. The molecular weight excluding hydrogens is 336 g/mol. The molecule has 0 saturated carbocycles. The summed E-state index contributed by atoms with van der Waals surface area (Å²) in [5.74, 6) is -1.41. The van der Waals surface area contributed by atoms with Crippen LogP contribution >= 0.6 is 0 Å². The van der Waals surface area contributed by atoms with Crippen molar-refractivity contribution in [2.24, 2.45) is 0 Å². The van der Waals surface area contributed by atoms with Gasteiger partial charge in [-0.3, -0.25) is 14.5 Å². The zero-order valence-corrected chi connectivity index (χ0v) is 14.3. The quantitative estimate of drug-likeness (QED) is 0.721. The van der Waals surface area contributed by atoms with Crippen molar-refractivity contribution in [1.82, 2.24) is 15.2 Å². The summed E-state index contributed by atoms with van der Waals surface area (Å²) < 4.78 is 0. The number of hydrogen-bond acceptors (Lipinski definition) is 5. The molecule has 26 heavy (non-hydrogen) atoms. The van der Waals surface area contributed by atoms with Crippen LogP contribution in [0.5, 0.6) is 5.75 Å². The van der Waals surface area contributed by atoms with Gasteiger partial charge in [-0.1, -0.05) is 29.8 Å². The van der Waals surface area contributed by atoms with Crippen molar-refractivity contribution in [3.63, 3.8) is 0 Å². The highest BCUT2D eigenvalue weighted by molar-refractivity contribution is 6.10. The summed E-state index contributed by atoms with van der Waals surface area (Å²) in [6.07, 6.45) is 1.40. The van der Waals surface area contributed by atoms with Gasteiger partial charge >= 0.3 is 6.03 Å². The Balaban J connectivity index is 1.76. The number of nitrogens with one attached hydrogen (secondary N) is 2. The van der Waals surface area contributed by atoms with Crippen molar-refractivity contribution in [3.05, 3.63) is 53.7 Å². The zero-order chi connectivity index (χ0) is 18.9. The van der Waals surface area contributed by atoms with Gasteiger partial charge < -0.3 is 15.7 Å². The lowest BCUT2D eigenvalue weighted by Crippen LogP contribution is -2.42.